The van der Waals surface area contributed by atoms with Crippen LogP contribution in [-0.4, -0.2) is 39.7 Å². The maximum Gasteiger partial charge on any atom is 0.336 e. The molecule has 0 aliphatic carbocycles. The summed E-state index contributed by atoms with van der Waals surface area (Å²) in [6, 6.07) is 8.62. The van der Waals surface area contributed by atoms with Crippen LogP contribution >= 0.6 is 0 Å². The Kier molecular flexibility index (Phi) is 6.40. The van der Waals surface area contributed by atoms with Crippen LogP contribution in [0, 0.1) is 0 Å². The summed E-state index contributed by atoms with van der Waals surface area (Å²) < 4.78 is 9.01. The highest BCUT2D eigenvalue weighted by Gasteiger charge is 2.42. The van der Waals surface area contributed by atoms with Crippen LogP contribution in [0.5, 0.6) is 0 Å². The van der Waals surface area contributed by atoms with Gasteiger partial charge >= 0.3 is 23.9 Å². The van der Waals surface area contributed by atoms with Gasteiger partial charge in [-0.1, -0.05) is 30.3 Å². The van der Waals surface area contributed by atoms with Gasteiger partial charge in [0.25, 0.3) is 0 Å². The summed E-state index contributed by atoms with van der Waals surface area (Å²) in [5, 5.41) is 18.9. The fraction of sp³-hybridized carbons (Fsp3) is 0.333. The first-order valence-electron chi connectivity index (χ1n) is 6.59. The molecule has 0 saturated carbocycles. The van der Waals surface area contributed by atoms with Gasteiger partial charge < -0.3 is 19.7 Å². The highest BCUT2D eigenvalue weighted by atomic mass is 16.6. The summed E-state index contributed by atoms with van der Waals surface area (Å²) in [5.41, 5.74) is -2.03. The molecule has 8 nitrogen and oxygen atoms in total. The van der Waals surface area contributed by atoms with E-state index in [1.165, 1.54) is 0 Å². The van der Waals surface area contributed by atoms with Crippen molar-refractivity contribution in [1.29, 1.82) is 0 Å². The van der Waals surface area contributed by atoms with Crippen LogP contribution in [-0.2, 0) is 35.3 Å². The Morgan fingerprint density at radius 3 is 2.13 bits per heavy atom. The fourth-order valence-corrected chi connectivity index (χ4v) is 1.68. The minimum Gasteiger partial charge on any atom is -0.479 e. The molecule has 0 amide bonds. The molecule has 23 heavy (non-hydrogen) atoms. The predicted octanol–water partition coefficient (Wildman–Crippen LogP) is 0.415. The molecule has 0 aliphatic heterocycles. The zero-order valence-electron chi connectivity index (χ0n) is 12.4. The van der Waals surface area contributed by atoms with Crippen molar-refractivity contribution in [1.82, 2.24) is 0 Å². The van der Waals surface area contributed by atoms with Crippen LogP contribution in [0.1, 0.15) is 25.3 Å². The summed E-state index contributed by atoms with van der Waals surface area (Å²) in [6.07, 6.45) is -2.01. The minimum atomic E-state index is -2.71. The SMILES string of the molecule is CC(=O)OC(=O)CC(O)(CC(=O)OCc1ccccc1)C(=O)O. The van der Waals surface area contributed by atoms with Crippen molar-refractivity contribution in [3.63, 3.8) is 0 Å². The Balaban J connectivity index is 2.63. The molecule has 0 aliphatic rings. The van der Waals surface area contributed by atoms with Gasteiger partial charge in [-0.05, 0) is 5.56 Å². The number of aliphatic hydroxyl groups is 1. The van der Waals surface area contributed by atoms with Crippen LogP contribution in [0.2, 0.25) is 0 Å². The maximum atomic E-state index is 11.7. The van der Waals surface area contributed by atoms with Crippen LogP contribution in [0.15, 0.2) is 30.3 Å². The Morgan fingerprint density at radius 1 is 1.04 bits per heavy atom. The molecule has 1 unspecified atom stereocenters. The lowest BCUT2D eigenvalue weighted by Crippen LogP contribution is -2.43. The molecule has 1 atom stereocenters. The van der Waals surface area contributed by atoms with Crippen molar-refractivity contribution >= 4 is 23.9 Å². The summed E-state index contributed by atoms with van der Waals surface area (Å²) in [7, 11) is 0. The molecular weight excluding hydrogens is 308 g/mol. The molecule has 1 aromatic carbocycles. The summed E-state index contributed by atoms with van der Waals surface area (Å²) in [6.45, 7) is 0.846. The average molecular weight is 324 g/mol. The van der Waals surface area contributed by atoms with Gasteiger partial charge in [-0.25, -0.2) is 4.79 Å². The molecule has 124 valence electrons. The number of ether oxygens (including phenoxy) is 2. The van der Waals surface area contributed by atoms with Crippen molar-refractivity contribution in [2.45, 2.75) is 32.0 Å². The van der Waals surface area contributed by atoms with E-state index in [1.54, 1.807) is 30.3 Å². The molecule has 1 rings (SSSR count). The van der Waals surface area contributed by atoms with E-state index >= 15 is 0 Å². The number of carboxylic acid groups (broad SMARTS) is 1. The standard InChI is InChI=1S/C15H16O8/c1-10(16)23-13(18)8-15(21,14(19)20)7-12(17)22-9-11-5-3-2-4-6-11/h2-6,21H,7-9H2,1H3,(H,19,20). The number of carbonyl (C=O) groups is 4. The second-order valence-electron chi connectivity index (χ2n) is 4.80. The van der Waals surface area contributed by atoms with Crippen molar-refractivity contribution < 1.29 is 38.9 Å². The minimum absolute atomic E-state index is 0.104. The van der Waals surface area contributed by atoms with E-state index in [1.807, 2.05) is 0 Å². The number of esters is 3. The zero-order valence-corrected chi connectivity index (χ0v) is 12.4. The molecule has 8 heteroatoms. The van der Waals surface area contributed by atoms with Gasteiger partial charge in [-0.3, -0.25) is 14.4 Å². The van der Waals surface area contributed by atoms with E-state index in [4.69, 9.17) is 9.84 Å². The average Bonchev–Trinajstić information content (AvgIpc) is 2.45. The van der Waals surface area contributed by atoms with Crippen LogP contribution < -0.4 is 0 Å². The number of rotatable bonds is 7. The fourth-order valence-electron chi connectivity index (χ4n) is 1.68. The van der Waals surface area contributed by atoms with E-state index in [9.17, 15) is 24.3 Å². The summed E-state index contributed by atoms with van der Waals surface area (Å²) in [5.74, 6) is -5.00. The monoisotopic (exact) mass is 324 g/mol. The first-order valence-corrected chi connectivity index (χ1v) is 6.59. The number of benzene rings is 1. The number of aliphatic carboxylic acids is 1. The number of carbonyl (C=O) groups excluding carboxylic acids is 3. The molecular formula is C15H16O8. The van der Waals surface area contributed by atoms with E-state index in [0.29, 0.717) is 5.56 Å². The summed E-state index contributed by atoms with van der Waals surface area (Å²) in [4.78, 5) is 44.7. The molecule has 0 spiro atoms. The molecule has 0 heterocycles. The highest BCUT2D eigenvalue weighted by Crippen LogP contribution is 2.18. The number of hydrogen-bond acceptors (Lipinski definition) is 7. The van der Waals surface area contributed by atoms with Crippen LogP contribution in [0.3, 0.4) is 0 Å². The number of carboxylic acids is 1. The first kappa shape index (κ1) is 18.3. The van der Waals surface area contributed by atoms with Gasteiger partial charge in [0.1, 0.15) is 6.61 Å². The largest absolute Gasteiger partial charge is 0.479 e. The molecule has 0 saturated heterocycles. The van der Waals surface area contributed by atoms with Crippen molar-refractivity contribution in [3.05, 3.63) is 35.9 Å². The Bertz CT molecular complexity index is 595. The third-order valence-electron chi connectivity index (χ3n) is 2.77. The Labute approximate surface area is 131 Å². The van der Waals surface area contributed by atoms with Gasteiger partial charge in [0, 0.05) is 6.92 Å². The Hall–Kier alpha value is -2.74. The van der Waals surface area contributed by atoms with Crippen molar-refractivity contribution in [2.75, 3.05) is 0 Å². The van der Waals surface area contributed by atoms with Crippen LogP contribution in [0.4, 0.5) is 0 Å². The maximum absolute atomic E-state index is 11.7. The Morgan fingerprint density at radius 2 is 1.61 bits per heavy atom. The highest BCUT2D eigenvalue weighted by molar-refractivity contribution is 5.91. The predicted molar refractivity (Wildman–Crippen MR) is 74.8 cm³/mol. The van der Waals surface area contributed by atoms with Crippen molar-refractivity contribution in [3.8, 4) is 0 Å². The lowest BCUT2D eigenvalue weighted by Gasteiger charge is -2.21. The molecule has 0 fully saturated rings. The lowest BCUT2D eigenvalue weighted by molar-refractivity contribution is -0.175. The van der Waals surface area contributed by atoms with E-state index in [0.717, 1.165) is 6.92 Å². The molecule has 0 radical (unpaired) electrons. The third kappa shape index (κ3) is 6.27. The second kappa shape index (κ2) is 8.04. The normalized spacial score (nSPS) is 12.8. The van der Waals surface area contributed by atoms with Gasteiger partial charge in [0.05, 0.1) is 12.8 Å². The third-order valence-corrected chi connectivity index (χ3v) is 2.77. The zero-order chi connectivity index (χ0) is 17.5. The second-order valence-corrected chi connectivity index (χ2v) is 4.80. The molecule has 0 bridgehead atoms. The van der Waals surface area contributed by atoms with Gasteiger partial charge in [-0.2, -0.15) is 0 Å². The van der Waals surface area contributed by atoms with Crippen LogP contribution in [0.25, 0.3) is 0 Å². The van der Waals surface area contributed by atoms with E-state index < -0.39 is 42.3 Å². The van der Waals surface area contributed by atoms with Gasteiger partial charge in [0.15, 0.2) is 5.60 Å². The van der Waals surface area contributed by atoms with Gasteiger partial charge in [-0.15, -0.1) is 0 Å². The van der Waals surface area contributed by atoms with Crippen molar-refractivity contribution in [2.24, 2.45) is 0 Å². The molecule has 0 aromatic heterocycles. The lowest BCUT2D eigenvalue weighted by atomic mass is 9.96. The first-order chi connectivity index (χ1) is 10.7. The van der Waals surface area contributed by atoms with E-state index in [-0.39, 0.29) is 6.61 Å². The molecule has 1 aromatic rings. The topological polar surface area (TPSA) is 127 Å². The smallest absolute Gasteiger partial charge is 0.336 e. The molecule has 2 N–H and O–H groups in total. The van der Waals surface area contributed by atoms with E-state index in [2.05, 4.69) is 4.74 Å². The summed E-state index contributed by atoms with van der Waals surface area (Å²) >= 11 is 0. The number of hydrogen-bond donors (Lipinski definition) is 2. The van der Waals surface area contributed by atoms with Gasteiger partial charge in [0.2, 0.25) is 0 Å². The quantitative estimate of drug-likeness (QED) is 0.545.